The molecule has 0 N–H and O–H groups in total. The van der Waals surface area contributed by atoms with E-state index >= 15 is 0 Å². The first-order valence-electron chi connectivity index (χ1n) is 9.70. The maximum Gasteiger partial charge on any atom is 0.220 e. The monoisotopic (exact) mass is 366 g/mol. The zero-order chi connectivity index (χ0) is 19.6. The van der Waals surface area contributed by atoms with Crippen molar-refractivity contribution < 1.29 is 4.57 Å². The minimum atomic E-state index is 1.03. The van der Waals surface area contributed by atoms with Gasteiger partial charge in [-0.25, -0.2) is 9.55 Å². The molecule has 0 aliphatic carbocycles. The lowest BCUT2D eigenvalue weighted by Crippen LogP contribution is -2.28. The van der Waals surface area contributed by atoms with Crippen LogP contribution in [0.5, 0.6) is 0 Å². The van der Waals surface area contributed by atoms with E-state index in [1.807, 2.05) is 0 Å². The first kappa shape index (κ1) is 16.9. The summed E-state index contributed by atoms with van der Waals surface area (Å²) in [5, 5.41) is 3.83. The standard InChI is InChI=1S/C25H24N3/c1-15-13-16(2)23-21(14-15)28(5)25(26-23)20-11-10-18-8-9-19-7-6-12-27(4)24(19)22(18)17(20)3/h6-14H,1-5H3/q+1. The molecule has 3 heteroatoms. The van der Waals surface area contributed by atoms with Gasteiger partial charge in [-0.1, -0.05) is 24.3 Å². The van der Waals surface area contributed by atoms with Crippen LogP contribution in [0.15, 0.2) is 54.7 Å². The molecule has 3 nitrogen and oxygen atoms in total. The highest BCUT2D eigenvalue weighted by Crippen LogP contribution is 2.34. The fourth-order valence-electron chi connectivity index (χ4n) is 4.57. The molecule has 0 radical (unpaired) electrons. The van der Waals surface area contributed by atoms with Crippen molar-refractivity contribution in [3.8, 4) is 11.4 Å². The summed E-state index contributed by atoms with van der Waals surface area (Å²) in [5.74, 6) is 1.03. The van der Waals surface area contributed by atoms with E-state index in [1.165, 1.54) is 49.4 Å². The van der Waals surface area contributed by atoms with Gasteiger partial charge in [0.05, 0.1) is 16.4 Å². The summed E-state index contributed by atoms with van der Waals surface area (Å²) in [5.41, 5.74) is 8.52. The van der Waals surface area contributed by atoms with Gasteiger partial charge in [0, 0.05) is 24.1 Å². The van der Waals surface area contributed by atoms with Gasteiger partial charge in [-0.3, -0.25) is 0 Å². The van der Waals surface area contributed by atoms with Crippen LogP contribution in [-0.4, -0.2) is 9.55 Å². The molecule has 0 amide bonds. The maximum atomic E-state index is 5.05. The highest BCUT2D eigenvalue weighted by molar-refractivity contribution is 6.07. The van der Waals surface area contributed by atoms with Gasteiger partial charge in [0.1, 0.15) is 12.9 Å². The van der Waals surface area contributed by atoms with Gasteiger partial charge in [-0.05, 0) is 61.0 Å². The quantitative estimate of drug-likeness (QED) is 0.291. The summed E-state index contributed by atoms with van der Waals surface area (Å²) in [6.45, 7) is 6.51. The number of aryl methyl sites for hydroxylation is 5. The number of aromatic nitrogens is 3. The zero-order valence-electron chi connectivity index (χ0n) is 17.0. The van der Waals surface area contributed by atoms with Crippen LogP contribution in [0, 0.1) is 20.8 Å². The molecule has 5 rings (SSSR count). The minimum Gasteiger partial charge on any atom is -0.327 e. The summed E-state index contributed by atoms with van der Waals surface area (Å²) < 4.78 is 4.45. The number of nitrogens with zero attached hydrogens (tertiary/aromatic N) is 3. The van der Waals surface area contributed by atoms with Crippen molar-refractivity contribution in [1.82, 2.24) is 9.55 Å². The second-order valence-corrected chi connectivity index (χ2v) is 7.90. The Morgan fingerprint density at radius 3 is 2.50 bits per heavy atom. The molecule has 0 unspecified atom stereocenters. The molecule has 5 aromatic rings. The Hall–Kier alpha value is -3.20. The second kappa shape index (κ2) is 5.90. The molecule has 28 heavy (non-hydrogen) atoms. The van der Waals surface area contributed by atoms with Gasteiger partial charge in [0.15, 0.2) is 6.20 Å². The number of hydrogen-bond donors (Lipinski definition) is 0. The average Bonchev–Trinajstić information content (AvgIpc) is 2.99. The third-order valence-corrected chi connectivity index (χ3v) is 5.95. The molecule has 3 aromatic carbocycles. The Morgan fingerprint density at radius 2 is 1.68 bits per heavy atom. The first-order valence-corrected chi connectivity index (χ1v) is 9.70. The maximum absolute atomic E-state index is 5.05. The van der Waals surface area contributed by atoms with Crippen molar-refractivity contribution in [2.75, 3.05) is 0 Å². The highest BCUT2D eigenvalue weighted by Gasteiger charge is 2.18. The van der Waals surface area contributed by atoms with Crippen molar-refractivity contribution in [1.29, 1.82) is 0 Å². The summed E-state index contributed by atoms with van der Waals surface area (Å²) in [6.07, 6.45) is 2.12. The number of benzene rings is 3. The van der Waals surface area contributed by atoms with Crippen LogP contribution in [0.1, 0.15) is 16.7 Å². The van der Waals surface area contributed by atoms with E-state index in [9.17, 15) is 0 Å². The van der Waals surface area contributed by atoms with Crippen LogP contribution in [0.2, 0.25) is 0 Å². The van der Waals surface area contributed by atoms with Crippen LogP contribution >= 0.6 is 0 Å². The van der Waals surface area contributed by atoms with Gasteiger partial charge < -0.3 is 4.57 Å². The molecule has 0 saturated heterocycles. The first-order chi connectivity index (χ1) is 13.5. The van der Waals surface area contributed by atoms with Gasteiger partial charge in [0.25, 0.3) is 0 Å². The van der Waals surface area contributed by atoms with Gasteiger partial charge in [-0.2, -0.15) is 0 Å². The smallest absolute Gasteiger partial charge is 0.220 e. The van der Waals surface area contributed by atoms with E-state index in [-0.39, 0.29) is 0 Å². The normalized spacial score (nSPS) is 11.8. The van der Waals surface area contributed by atoms with E-state index in [1.54, 1.807) is 0 Å². The lowest BCUT2D eigenvalue weighted by atomic mass is 9.97. The summed E-state index contributed by atoms with van der Waals surface area (Å²) >= 11 is 0. The molecule has 0 saturated carbocycles. The van der Waals surface area contributed by atoms with Crippen molar-refractivity contribution >= 4 is 32.7 Å². The molecule has 0 fully saturated rings. The van der Waals surface area contributed by atoms with E-state index in [0.29, 0.717) is 0 Å². The molecule has 0 bridgehead atoms. The molecule has 2 aromatic heterocycles. The summed E-state index contributed by atoms with van der Waals surface area (Å²) in [7, 11) is 4.24. The Bertz CT molecular complexity index is 1410. The van der Waals surface area contributed by atoms with Crippen LogP contribution < -0.4 is 4.57 Å². The number of hydrogen-bond acceptors (Lipinski definition) is 1. The van der Waals surface area contributed by atoms with Gasteiger partial charge in [-0.15, -0.1) is 0 Å². The van der Waals surface area contributed by atoms with Crippen LogP contribution in [0.25, 0.3) is 44.1 Å². The van der Waals surface area contributed by atoms with Crippen molar-refractivity contribution in [2.45, 2.75) is 20.8 Å². The molecule has 2 heterocycles. The molecular formula is C25H24N3+. The number of fused-ring (bicyclic) bond motifs is 4. The van der Waals surface area contributed by atoms with Gasteiger partial charge in [0.2, 0.25) is 5.52 Å². The summed E-state index contributed by atoms with van der Waals surface area (Å²) in [4.78, 5) is 5.05. The zero-order valence-corrected chi connectivity index (χ0v) is 17.0. The molecule has 138 valence electrons. The van der Waals surface area contributed by atoms with E-state index in [0.717, 1.165) is 11.3 Å². The van der Waals surface area contributed by atoms with Gasteiger partial charge >= 0.3 is 0 Å². The third kappa shape index (κ3) is 2.29. The Labute approximate surface area is 164 Å². The third-order valence-electron chi connectivity index (χ3n) is 5.95. The number of imidazole rings is 1. The van der Waals surface area contributed by atoms with E-state index in [2.05, 4.69) is 98.7 Å². The Kier molecular flexibility index (Phi) is 3.57. The molecule has 0 atom stereocenters. The lowest BCUT2D eigenvalue weighted by Gasteiger charge is -2.11. The molecule has 0 aliphatic rings. The highest BCUT2D eigenvalue weighted by atomic mass is 15.1. The molecule has 0 aliphatic heterocycles. The van der Waals surface area contributed by atoms with Crippen LogP contribution in [0.3, 0.4) is 0 Å². The van der Waals surface area contributed by atoms with Crippen molar-refractivity contribution in [2.24, 2.45) is 14.1 Å². The fraction of sp³-hybridized carbons (Fsp3) is 0.200. The average molecular weight is 366 g/mol. The Balaban J connectivity index is 1.89. The Morgan fingerprint density at radius 1 is 0.929 bits per heavy atom. The van der Waals surface area contributed by atoms with E-state index < -0.39 is 0 Å². The largest absolute Gasteiger partial charge is 0.327 e. The predicted octanol–water partition coefficient (Wildman–Crippen LogP) is 5.30. The van der Waals surface area contributed by atoms with Crippen molar-refractivity contribution in [3.63, 3.8) is 0 Å². The van der Waals surface area contributed by atoms with E-state index in [4.69, 9.17) is 4.98 Å². The topological polar surface area (TPSA) is 21.7 Å². The molecular weight excluding hydrogens is 342 g/mol. The SMILES string of the molecule is Cc1cc(C)c2nc(-c3ccc4ccc5ccc[n+](C)c5c4c3C)n(C)c2c1. The number of pyridine rings is 1. The lowest BCUT2D eigenvalue weighted by molar-refractivity contribution is -0.644. The minimum absolute atomic E-state index is 1.03. The van der Waals surface area contributed by atoms with Crippen molar-refractivity contribution in [3.05, 3.63) is 71.4 Å². The van der Waals surface area contributed by atoms with Crippen LogP contribution in [-0.2, 0) is 14.1 Å². The van der Waals surface area contributed by atoms with Crippen LogP contribution in [0.4, 0.5) is 0 Å². The summed E-state index contributed by atoms with van der Waals surface area (Å²) in [6, 6.07) is 17.6. The number of rotatable bonds is 1. The fourth-order valence-corrected chi connectivity index (χ4v) is 4.57. The predicted molar refractivity (Wildman–Crippen MR) is 117 cm³/mol. The molecule has 0 spiro atoms. The second-order valence-electron chi connectivity index (χ2n) is 7.90.